The van der Waals surface area contributed by atoms with Gasteiger partial charge >= 0.3 is 5.97 Å². The Morgan fingerprint density at radius 2 is 1.58 bits per heavy atom. The fourth-order valence-corrected chi connectivity index (χ4v) is 2.12. The lowest BCUT2D eigenvalue weighted by Crippen LogP contribution is -2.34. The van der Waals surface area contributed by atoms with Crippen molar-refractivity contribution in [3.63, 3.8) is 0 Å². The first-order valence-electron chi connectivity index (χ1n) is 7.79. The third-order valence-corrected chi connectivity index (χ3v) is 3.26. The van der Waals surface area contributed by atoms with Gasteiger partial charge in [0.2, 0.25) is 11.8 Å². The summed E-state index contributed by atoms with van der Waals surface area (Å²) in [4.78, 5) is 34.8. The van der Waals surface area contributed by atoms with Gasteiger partial charge in [0.1, 0.15) is 5.75 Å². The van der Waals surface area contributed by atoms with E-state index in [2.05, 4.69) is 10.6 Å². The van der Waals surface area contributed by atoms with Gasteiger partial charge in [0.25, 0.3) is 0 Å². The minimum absolute atomic E-state index is 0.0535. The van der Waals surface area contributed by atoms with Gasteiger partial charge in [-0.05, 0) is 38.0 Å². The summed E-state index contributed by atoms with van der Waals surface area (Å²) in [7, 11) is 1.51. The van der Waals surface area contributed by atoms with Crippen LogP contribution in [0.4, 0.5) is 0 Å². The van der Waals surface area contributed by atoms with Gasteiger partial charge < -0.3 is 20.5 Å². The number of carboxylic acids is 1. The van der Waals surface area contributed by atoms with Gasteiger partial charge in [0.15, 0.2) is 6.04 Å². The van der Waals surface area contributed by atoms with Gasteiger partial charge in [-0.15, -0.1) is 0 Å². The fraction of sp³-hybridized carbons (Fsp3) is 0.471. The highest BCUT2D eigenvalue weighted by molar-refractivity contribution is 5.85. The second-order valence-corrected chi connectivity index (χ2v) is 5.69. The van der Waals surface area contributed by atoms with Crippen LogP contribution in [-0.2, 0) is 14.4 Å². The number of amides is 2. The molecule has 3 N–H and O–H groups in total. The number of hydrogen-bond acceptors (Lipinski definition) is 4. The van der Waals surface area contributed by atoms with E-state index < -0.39 is 17.9 Å². The van der Waals surface area contributed by atoms with Crippen molar-refractivity contribution < 1.29 is 24.2 Å². The number of hydrogen-bond donors (Lipinski definition) is 3. The molecular weight excluding hydrogens is 312 g/mol. The molecule has 0 saturated heterocycles. The maximum absolute atomic E-state index is 11.9. The predicted molar refractivity (Wildman–Crippen MR) is 88.6 cm³/mol. The van der Waals surface area contributed by atoms with Crippen LogP contribution in [0.2, 0.25) is 0 Å². The summed E-state index contributed by atoms with van der Waals surface area (Å²) >= 11 is 0. The Balaban J connectivity index is 2.54. The van der Waals surface area contributed by atoms with E-state index in [4.69, 9.17) is 4.74 Å². The van der Waals surface area contributed by atoms with E-state index in [0.717, 1.165) is 0 Å². The largest absolute Gasteiger partial charge is 0.497 e. The molecule has 0 bridgehead atoms. The minimum atomic E-state index is -1.15. The van der Waals surface area contributed by atoms with Crippen LogP contribution in [0.15, 0.2) is 24.3 Å². The number of carbonyl (C=O) groups is 3. The smallest absolute Gasteiger partial charge is 0.330 e. The van der Waals surface area contributed by atoms with Gasteiger partial charge in [-0.1, -0.05) is 12.1 Å². The van der Waals surface area contributed by atoms with Crippen LogP contribution in [-0.4, -0.2) is 36.0 Å². The normalized spacial score (nSPS) is 11.7. The van der Waals surface area contributed by atoms with Gasteiger partial charge in [-0.3, -0.25) is 9.59 Å². The summed E-state index contributed by atoms with van der Waals surface area (Å²) in [5.41, 5.74) is 0.453. The third kappa shape index (κ3) is 6.68. The Morgan fingerprint density at radius 3 is 2.04 bits per heavy atom. The Labute approximate surface area is 141 Å². The van der Waals surface area contributed by atoms with E-state index in [1.54, 1.807) is 24.3 Å². The van der Waals surface area contributed by atoms with Crippen LogP contribution in [0.25, 0.3) is 0 Å². The molecule has 1 aromatic carbocycles. The Morgan fingerprint density at radius 1 is 1.04 bits per heavy atom. The molecular formula is C17H24N2O5. The zero-order chi connectivity index (χ0) is 18.1. The van der Waals surface area contributed by atoms with Gasteiger partial charge in [0, 0.05) is 18.9 Å². The summed E-state index contributed by atoms with van der Waals surface area (Å²) < 4.78 is 5.02. The van der Waals surface area contributed by atoms with Crippen LogP contribution >= 0.6 is 0 Å². The van der Waals surface area contributed by atoms with Crippen LogP contribution in [0.1, 0.15) is 44.7 Å². The second kappa shape index (κ2) is 9.54. The lowest BCUT2D eigenvalue weighted by Gasteiger charge is -2.15. The molecule has 0 aromatic heterocycles. The molecule has 0 aliphatic carbocycles. The number of nitrogens with one attached hydrogen (secondary N) is 2. The molecule has 7 heteroatoms. The molecule has 0 aliphatic rings. The van der Waals surface area contributed by atoms with Crippen LogP contribution in [0.5, 0.6) is 5.75 Å². The maximum Gasteiger partial charge on any atom is 0.330 e. The number of carboxylic acid groups (broad SMARTS) is 1. The summed E-state index contributed by atoms with van der Waals surface area (Å²) in [6.45, 7) is 3.72. The molecule has 0 heterocycles. The van der Waals surface area contributed by atoms with Crippen molar-refractivity contribution in [3.05, 3.63) is 29.8 Å². The fourth-order valence-electron chi connectivity index (χ4n) is 2.12. The number of benzene rings is 1. The second-order valence-electron chi connectivity index (χ2n) is 5.69. The first-order chi connectivity index (χ1) is 11.3. The molecule has 24 heavy (non-hydrogen) atoms. The molecule has 1 rings (SSSR count). The molecule has 1 unspecified atom stereocenters. The minimum Gasteiger partial charge on any atom is -0.497 e. The van der Waals surface area contributed by atoms with Crippen molar-refractivity contribution in [2.75, 3.05) is 7.11 Å². The highest BCUT2D eigenvalue weighted by Gasteiger charge is 2.22. The average molecular weight is 336 g/mol. The number of aliphatic carboxylic acids is 1. The average Bonchev–Trinajstić information content (AvgIpc) is 2.51. The number of carbonyl (C=O) groups excluding carboxylic acids is 2. The molecule has 0 saturated carbocycles. The zero-order valence-corrected chi connectivity index (χ0v) is 14.2. The Kier molecular flexibility index (Phi) is 7.74. The summed E-state index contributed by atoms with van der Waals surface area (Å²) in [6.07, 6.45) is 0.677. The molecule has 0 aliphatic heterocycles. The van der Waals surface area contributed by atoms with Crippen molar-refractivity contribution in [1.82, 2.24) is 10.6 Å². The first kappa shape index (κ1) is 19.5. The summed E-state index contributed by atoms with van der Waals surface area (Å²) in [5.74, 6) is -1.07. The lowest BCUT2D eigenvalue weighted by molar-refractivity contribution is -0.142. The van der Waals surface area contributed by atoms with E-state index in [-0.39, 0.29) is 24.8 Å². The SMILES string of the molecule is COc1ccc(C(NC(=O)CCCC(=O)NC(C)C)C(=O)O)cc1. The van der Waals surface area contributed by atoms with Crippen molar-refractivity contribution in [1.29, 1.82) is 0 Å². The standard InChI is InChI=1S/C17H24N2O5/c1-11(2)18-14(20)5-4-6-15(21)19-16(17(22)23)12-7-9-13(24-3)10-8-12/h7-11,16H,4-6H2,1-3H3,(H,18,20)(H,19,21)(H,22,23). The van der Waals surface area contributed by atoms with Crippen molar-refractivity contribution in [2.45, 2.75) is 45.2 Å². The molecule has 1 atom stereocenters. The van der Waals surface area contributed by atoms with E-state index in [1.807, 2.05) is 13.8 Å². The Hall–Kier alpha value is -2.57. The third-order valence-electron chi connectivity index (χ3n) is 3.26. The number of methoxy groups -OCH3 is 1. The van der Waals surface area contributed by atoms with Gasteiger partial charge in [0.05, 0.1) is 7.11 Å². The predicted octanol–water partition coefficient (Wildman–Crippen LogP) is 1.63. The van der Waals surface area contributed by atoms with Crippen LogP contribution in [0, 0.1) is 0 Å². The lowest BCUT2D eigenvalue weighted by atomic mass is 10.1. The highest BCUT2D eigenvalue weighted by Crippen LogP contribution is 2.18. The van der Waals surface area contributed by atoms with Crippen LogP contribution in [0.3, 0.4) is 0 Å². The van der Waals surface area contributed by atoms with E-state index >= 15 is 0 Å². The van der Waals surface area contributed by atoms with Crippen LogP contribution < -0.4 is 15.4 Å². The molecule has 132 valence electrons. The van der Waals surface area contributed by atoms with Crippen molar-refractivity contribution in [3.8, 4) is 5.75 Å². The molecule has 0 fully saturated rings. The zero-order valence-electron chi connectivity index (χ0n) is 14.2. The molecule has 1 aromatic rings. The van der Waals surface area contributed by atoms with E-state index in [9.17, 15) is 19.5 Å². The monoisotopic (exact) mass is 336 g/mol. The summed E-state index contributed by atoms with van der Waals surface area (Å²) in [6, 6.07) is 5.37. The number of rotatable bonds is 9. The maximum atomic E-state index is 11.9. The van der Waals surface area contributed by atoms with Crippen molar-refractivity contribution in [2.24, 2.45) is 0 Å². The van der Waals surface area contributed by atoms with E-state index in [1.165, 1.54) is 7.11 Å². The first-order valence-corrected chi connectivity index (χ1v) is 7.79. The van der Waals surface area contributed by atoms with Gasteiger partial charge in [-0.2, -0.15) is 0 Å². The van der Waals surface area contributed by atoms with E-state index in [0.29, 0.717) is 17.7 Å². The molecule has 7 nitrogen and oxygen atoms in total. The molecule has 2 amide bonds. The topological polar surface area (TPSA) is 105 Å². The quantitative estimate of drug-likeness (QED) is 0.636. The molecule has 0 radical (unpaired) electrons. The number of ether oxygens (including phenoxy) is 1. The highest BCUT2D eigenvalue weighted by atomic mass is 16.5. The Bertz CT molecular complexity index is 569. The van der Waals surface area contributed by atoms with Gasteiger partial charge in [-0.25, -0.2) is 4.79 Å². The van der Waals surface area contributed by atoms with Crippen molar-refractivity contribution >= 4 is 17.8 Å². The molecule has 0 spiro atoms. The summed E-state index contributed by atoms with van der Waals surface area (Å²) in [5, 5.41) is 14.5.